The number of thiazole rings is 1. The lowest BCUT2D eigenvalue weighted by Crippen LogP contribution is -2.27. The van der Waals surface area contributed by atoms with Crippen LogP contribution < -0.4 is 10.6 Å². The first kappa shape index (κ1) is 23.1. The lowest BCUT2D eigenvalue weighted by molar-refractivity contribution is -0.120. The molecule has 1 aromatic carbocycles. The van der Waals surface area contributed by atoms with E-state index in [9.17, 15) is 18.0 Å². The predicted molar refractivity (Wildman–Crippen MR) is 127 cm³/mol. The van der Waals surface area contributed by atoms with Crippen molar-refractivity contribution in [1.82, 2.24) is 9.97 Å². The molecule has 33 heavy (non-hydrogen) atoms. The van der Waals surface area contributed by atoms with Gasteiger partial charge in [0.2, 0.25) is 11.8 Å². The summed E-state index contributed by atoms with van der Waals surface area (Å²) in [7, 11) is -3.26. The molecule has 2 heterocycles. The smallest absolute Gasteiger partial charge is 0.230 e. The third-order valence-electron chi connectivity index (χ3n) is 5.53. The number of benzene rings is 1. The second-order valence-electron chi connectivity index (χ2n) is 7.83. The fourth-order valence-corrected chi connectivity index (χ4v) is 5.65. The molecule has 3 aromatic rings. The van der Waals surface area contributed by atoms with Crippen LogP contribution in [0.25, 0.3) is 0 Å². The van der Waals surface area contributed by atoms with E-state index in [0.717, 1.165) is 21.8 Å². The highest BCUT2D eigenvalue weighted by Gasteiger charge is 2.28. The number of aromatic nitrogens is 2. The number of aryl methyl sites for hydroxylation is 1. The molecule has 0 saturated heterocycles. The van der Waals surface area contributed by atoms with Crippen molar-refractivity contribution in [3.05, 3.63) is 64.9 Å². The van der Waals surface area contributed by atoms with Crippen molar-refractivity contribution in [2.75, 3.05) is 16.4 Å². The van der Waals surface area contributed by atoms with E-state index >= 15 is 0 Å². The number of sulfone groups is 1. The third-order valence-corrected chi connectivity index (χ3v) is 8.32. The Kier molecular flexibility index (Phi) is 6.85. The molecule has 0 saturated carbocycles. The maximum absolute atomic E-state index is 12.6. The van der Waals surface area contributed by atoms with Gasteiger partial charge in [0.05, 0.1) is 22.8 Å². The van der Waals surface area contributed by atoms with E-state index < -0.39 is 9.84 Å². The van der Waals surface area contributed by atoms with Crippen LogP contribution in [0.2, 0.25) is 0 Å². The Hall–Kier alpha value is -3.11. The highest BCUT2D eigenvalue weighted by atomic mass is 32.2. The number of anilines is 2. The summed E-state index contributed by atoms with van der Waals surface area (Å²) in [5.41, 5.74) is 2.37. The summed E-state index contributed by atoms with van der Waals surface area (Å²) in [6.07, 6.45) is 5.36. The minimum Gasteiger partial charge on any atom is -0.326 e. The van der Waals surface area contributed by atoms with Gasteiger partial charge in [-0.05, 0) is 49.1 Å². The zero-order valence-electron chi connectivity index (χ0n) is 18.1. The van der Waals surface area contributed by atoms with Crippen LogP contribution in [0.4, 0.5) is 10.8 Å². The fourth-order valence-electron chi connectivity index (χ4n) is 3.66. The topological polar surface area (TPSA) is 118 Å². The molecule has 1 unspecified atom stereocenters. The SMILES string of the molecule is CCS(=O)(=O)c1ccc(CC(=O)Nc2nc3c(s2)CC(C(=O)Nc2ccncc2)CC3)cc1. The normalized spacial score (nSPS) is 15.5. The number of rotatable bonds is 7. The van der Waals surface area contributed by atoms with E-state index in [1.54, 1.807) is 43.6 Å². The molecule has 172 valence electrons. The number of fused-ring (bicyclic) bond motifs is 1. The van der Waals surface area contributed by atoms with Crippen molar-refractivity contribution in [2.45, 2.75) is 37.5 Å². The van der Waals surface area contributed by atoms with E-state index in [0.29, 0.717) is 24.4 Å². The molecule has 2 amide bonds. The zero-order valence-corrected chi connectivity index (χ0v) is 19.7. The number of hydrogen-bond acceptors (Lipinski definition) is 7. The number of pyridine rings is 1. The van der Waals surface area contributed by atoms with Crippen molar-refractivity contribution in [1.29, 1.82) is 0 Å². The van der Waals surface area contributed by atoms with Crippen LogP contribution in [0.1, 0.15) is 29.5 Å². The molecule has 2 aromatic heterocycles. The molecule has 0 bridgehead atoms. The number of amides is 2. The van der Waals surface area contributed by atoms with Crippen molar-refractivity contribution >= 4 is 43.8 Å². The predicted octanol–water partition coefficient (Wildman–Crippen LogP) is 3.26. The van der Waals surface area contributed by atoms with Crippen LogP contribution in [-0.4, -0.2) is 36.0 Å². The maximum atomic E-state index is 12.6. The van der Waals surface area contributed by atoms with Crippen molar-refractivity contribution in [3.63, 3.8) is 0 Å². The Morgan fingerprint density at radius 3 is 2.52 bits per heavy atom. The second-order valence-corrected chi connectivity index (χ2v) is 11.2. The van der Waals surface area contributed by atoms with Crippen LogP contribution >= 0.6 is 11.3 Å². The Bertz CT molecular complexity index is 1260. The third kappa shape index (κ3) is 5.63. The van der Waals surface area contributed by atoms with E-state index in [2.05, 4.69) is 20.6 Å². The molecule has 0 radical (unpaired) electrons. The van der Waals surface area contributed by atoms with Gasteiger partial charge in [-0.15, -0.1) is 11.3 Å². The highest BCUT2D eigenvalue weighted by molar-refractivity contribution is 7.91. The van der Waals surface area contributed by atoms with Gasteiger partial charge in [0.1, 0.15) is 0 Å². The van der Waals surface area contributed by atoms with Gasteiger partial charge in [0, 0.05) is 28.9 Å². The summed E-state index contributed by atoms with van der Waals surface area (Å²) < 4.78 is 23.8. The Morgan fingerprint density at radius 1 is 1.09 bits per heavy atom. The molecule has 8 nitrogen and oxygen atoms in total. The first-order valence-corrected chi connectivity index (χ1v) is 13.1. The molecule has 0 aliphatic heterocycles. The van der Waals surface area contributed by atoms with Crippen LogP contribution in [-0.2, 0) is 38.7 Å². The van der Waals surface area contributed by atoms with Gasteiger partial charge in [-0.1, -0.05) is 19.1 Å². The van der Waals surface area contributed by atoms with Crippen LogP contribution in [0, 0.1) is 5.92 Å². The Balaban J connectivity index is 1.34. The summed E-state index contributed by atoms with van der Waals surface area (Å²) in [6, 6.07) is 9.87. The first-order valence-electron chi connectivity index (χ1n) is 10.6. The molecule has 0 fully saturated rings. The lowest BCUT2D eigenvalue weighted by Gasteiger charge is -2.20. The van der Waals surface area contributed by atoms with Gasteiger partial charge < -0.3 is 10.6 Å². The number of nitrogens with zero attached hydrogens (tertiary/aromatic N) is 2. The van der Waals surface area contributed by atoms with E-state index in [1.165, 1.54) is 23.5 Å². The molecule has 1 atom stereocenters. The minimum absolute atomic E-state index is 0.0284. The van der Waals surface area contributed by atoms with Crippen molar-refractivity contribution in [2.24, 2.45) is 5.92 Å². The molecule has 1 aliphatic rings. The van der Waals surface area contributed by atoms with Gasteiger partial charge in [0.25, 0.3) is 0 Å². The lowest BCUT2D eigenvalue weighted by atomic mass is 9.90. The quantitative estimate of drug-likeness (QED) is 0.531. The Morgan fingerprint density at radius 2 is 1.82 bits per heavy atom. The summed E-state index contributed by atoms with van der Waals surface area (Å²) in [5.74, 6) is -0.362. The van der Waals surface area contributed by atoms with Crippen LogP contribution in [0.15, 0.2) is 53.7 Å². The standard InChI is InChI=1S/C23H24N4O4S2/c1-2-33(30,31)18-6-3-15(4-7-18)13-21(28)27-23-26-19-8-5-16(14-20(19)32-23)22(29)25-17-9-11-24-12-10-17/h3-4,6-7,9-12,16H,2,5,8,13-14H2,1H3,(H,24,25,29)(H,26,27,28). The largest absolute Gasteiger partial charge is 0.326 e. The average Bonchev–Trinajstić information content (AvgIpc) is 3.21. The van der Waals surface area contributed by atoms with Crippen LogP contribution in [0.3, 0.4) is 0 Å². The molecule has 4 rings (SSSR count). The van der Waals surface area contributed by atoms with Crippen LogP contribution in [0.5, 0.6) is 0 Å². The molecule has 2 N–H and O–H groups in total. The number of carbonyl (C=O) groups excluding carboxylic acids is 2. The number of carbonyl (C=O) groups is 2. The number of nitrogens with one attached hydrogen (secondary N) is 2. The highest BCUT2D eigenvalue weighted by Crippen LogP contribution is 2.33. The number of hydrogen-bond donors (Lipinski definition) is 2. The van der Waals surface area contributed by atoms with Gasteiger partial charge in [-0.3, -0.25) is 14.6 Å². The fraction of sp³-hybridized carbons (Fsp3) is 0.304. The second kappa shape index (κ2) is 9.80. The Labute approximate surface area is 196 Å². The molecule has 1 aliphatic carbocycles. The monoisotopic (exact) mass is 484 g/mol. The average molecular weight is 485 g/mol. The van der Waals surface area contributed by atoms with Gasteiger partial charge in [-0.2, -0.15) is 0 Å². The molecule has 0 spiro atoms. The molecular weight excluding hydrogens is 460 g/mol. The summed E-state index contributed by atoms with van der Waals surface area (Å²) >= 11 is 1.40. The first-order chi connectivity index (χ1) is 15.8. The van der Waals surface area contributed by atoms with Crippen molar-refractivity contribution in [3.8, 4) is 0 Å². The van der Waals surface area contributed by atoms with Gasteiger partial charge >= 0.3 is 0 Å². The van der Waals surface area contributed by atoms with Gasteiger partial charge in [-0.25, -0.2) is 13.4 Å². The maximum Gasteiger partial charge on any atom is 0.230 e. The van der Waals surface area contributed by atoms with Gasteiger partial charge in [0.15, 0.2) is 15.0 Å². The van der Waals surface area contributed by atoms with Crippen molar-refractivity contribution < 1.29 is 18.0 Å². The molecule has 10 heteroatoms. The van der Waals surface area contributed by atoms with E-state index in [-0.39, 0.29) is 34.8 Å². The summed E-state index contributed by atoms with van der Waals surface area (Å²) in [6.45, 7) is 1.60. The minimum atomic E-state index is -3.26. The van der Waals surface area contributed by atoms with E-state index in [1.807, 2.05) is 0 Å². The summed E-state index contributed by atoms with van der Waals surface area (Å²) in [5, 5.41) is 6.27. The molecular formula is C23H24N4O4S2. The summed E-state index contributed by atoms with van der Waals surface area (Å²) in [4.78, 5) is 34.8. The van der Waals surface area contributed by atoms with E-state index in [4.69, 9.17) is 0 Å². The zero-order chi connectivity index (χ0) is 23.4.